The summed E-state index contributed by atoms with van der Waals surface area (Å²) >= 11 is 1.73. The summed E-state index contributed by atoms with van der Waals surface area (Å²) < 4.78 is 0. The Bertz CT molecular complexity index is 726. The number of carbonyl (C=O) groups is 2. The molecule has 22 heavy (non-hydrogen) atoms. The van der Waals surface area contributed by atoms with Gasteiger partial charge in [-0.2, -0.15) is 0 Å². The molecule has 5 nitrogen and oxygen atoms in total. The van der Waals surface area contributed by atoms with E-state index in [2.05, 4.69) is 23.4 Å². The highest BCUT2D eigenvalue weighted by Crippen LogP contribution is 2.35. The zero-order valence-electron chi connectivity index (χ0n) is 12.2. The van der Waals surface area contributed by atoms with Crippen LogP contribution in [0.4, 0.5) is 0 Å². The number of carboxylic acids is 1. The number of aromatic carboxylic acids is 1. The fourth-order valence-electron chi connectivity index (χ4n) is 2.91. The molecule has 0 aromatic carbocycles. The monoisotopic (exact) mass is 316 g/mol. The van der Waals surface area contributed by atoms with E-state index in [1.165, 1.54) is 28.8 Å². The number of thiophene rings is 1. The second kappa shape index (κ2) is 5.88. The maximum atomic E-state index is 12.7. The average molecular weight is 316 g/mol. The Morgan fingerprint density at radius 3 is 3.00 bits per heavy atom. The topological polar surface area (TPSA) is 70.5 Å². The molecule has 1 atom stereocenters. The highest BCUT2D eigenvalue weighted by atomic mass is 32.1. The van der Waals surface area contributed by atoms with Crippen LogP contribution in [0.3, 0.4) is 0 Å². The standard InChI is InChI=1S/C16H16N2O3S/c1-2-13-11-5-8-22-14(11)4-7-18(13)15(19)12-9-10(16(20)21)3-6-17-12/h3,5-6,8-9,13H,2,4,7H2,1H3,(H,20,21). The Labute approximate surface area is 132 Å². The molecule has 0 bridgehead atoms. The fraction of sp³-hybridized carbons (Fsp3) is 0.312. The van der Waals surface area contributed by atoms with Crippen LogP contribution in [0.15, 0.2) is 29.8 Å². The van der Waals surface area contributed by atoms with Crippen molar-refractivity contribution in [1.82, 2.24) is 9.88 Å². The second-order valence-electron chi connectivity index (χ2n) is 5.21. The van der Waals surface area contributed by atoms with Crippen LogP contribution >= 0.6 is 11.3 Å². The minimum Gasteiger partial charge on any atom is -0.478 e. The number of hydrogen-bond donors (Lipinski definition) is 1. The summed E-state index contributed by atoms with van der Waals surface area (Å²) in [6.45, 7) is 2.70. The van der Waals surface area contributed by atoms with Gasteiger partial charge in [-0.1, -0.05) is 6.92 Å². The molecule has 2 aromatic rings. The zero-order valence-corrected chi connectivity index (χ0v) is 13.0. The molecule has 0 aliphatic carbocycles. The predicted molar refractivity (Wildman–Crippen MR) is 83.3 cm³/mol. The van der Waals surface area contributed by atoms with Gasteiger partial charge in [0.25, 0.3) is 5.91 Å². The molecule has 1 amide bonds. The normalized spacial score (nSPS) is 17.1. The molecule has 3 rings (SSSR count). The highest BCUT2D eigenvalue weighted by molar-refractivity contribution is 7.10. The van der Waals surface area contributed by atoms with Crippen LogP contribution in [0, 0.1) is 0 Å². The van der Waals surface area contributed by atoms with Crippen molar-refractivity contribution < 1.29 is 14.7 Å². The Balaban J connectivity index is 1.92. The van der Waals surface area contributed by atoms with E-state index in [1.807, 2.05) is 4.90 Å². The minimum absolute atomic E-state index is 0.0396. The Morgan fingerprint density at radius 1 is 1.45 bits per heavy atom. The highest BCUT2D eigenvalue weighted by Gasteiger charge is 2.31. The van der Waals surface area contributed by atoms with Gasteiger partial charge in [-0.05, 0) is 42.0 Å². The summed E-state index contributed by atoms with van der Waals surface area (Å²) in [4.78, 5) is 31.0. The van der Waals surface area contributed by atoms with E-state index >= 15 is 0 Å². The number of fused-ring (bicyclic) bond motifs is 1. The Hall–Kier alpha value is -2.21. The Morgan fingerprint density at radius 2 is 2.27 bits per heavy atom. The van der Waals surface area contributed by atoms with E-state index in [-0.39, 0.29) is 23.2 Å². The average Bonchev–Trinajstić information content (AvgIpc) is 3.01. The molecular weight excluding hydrogens is 300 g/mol. The third kappa shape index (κ3) is 2.50. The van der Waals surface area contributed by atoms with Gasteiger partial charge in [0, 0.05) is 17.6 Å². The van der Waals surface area contributed by atoms with Gasteiger partial charge in [-0.15, -0.1) is 11.3 Å². The van der Waals surface area contributed by atoms with Crippen molar-refractivity contribution >= 4 is 23.2 Å². The summed E-state index contributed by atoms with van der Waals surface area (Å²) in [5, 5.41) is 11.1. The molecule has 6 heteroatoms. The molecule has 114 valence electrons. The SMILES string of the molecule is CCC1c2ccsc2CCN1C(=O)c1cc(C(=O)O)ccn1. The predicted octanol–water partition coefficient (Wildman–Crippen LogP) is 2.99. The molecule has 1 unspecified atom stereocenters. The van der Waals surface area contributed by atoms with Gasteiger partial charge >= 0.3 is 5.97 Å². The molecule has 0 fully saturated rings. The van der Waals surface area contributed by atoms with E-state index in [0.29, 0.717) is 6.54 Å². The van der Waals surface area contributed by atoms with E-state index in [9.17, 15) is 9.59 Å². The summed E-state index contributed by atoms with van der Waals surface area (Å²) in [5.74, 6) is -1.26. The smallest absolute Gasteiger partial charge is 0.335 e. The summed E-state index contributed by atoms with van der Waals surface area (Å²) in [5.41, 5.74) is 1.48. The number of nitrogens with zero attached hydrogens (tertiary/aromatic N) is 2. The van der Waals surface area contributed by atoms with Crippen LogP contribution < -0.4 is 0 Å². The number of pyridine rings is 1. The molecule has 3 heterocycles. The van der Waals surface area contributed by atoms with E-state index in [4.69, 9.17) is 5.11 Å². The molecule has 1 N–H and O–H groups in total. The zero-order chi connectivity index (χ0) is 15.7. The van der Waals surface area contributed by atoms with Crippen molar-refractivity contribution in [3.8, 4) is 0 Å². The minimum atomic E-state index is -1.05. The van der Waals surface area contributed by atoms with Gasteiger partial charge in [0.2, 0.25) is 0 Å². The van der Waals surface area contributed by atoms with Crippen molar-refractivity contribution in [2.24, 2.45) is 0 Å². The lowest BCUT2D eigenvalue weighted by Crippen LogP contribution is -2.39. The lowest BCUT2D eigenvalue weighted by molar-refractivity contribution is 0.0651. The molecule has 1 aliphatic rings. The van der Waals surface area contributed by atoms with Gasteiger partial charge in [-0.3, -0.25) is 9.78 Å². The lowest BCUT2D eigenvalue weighted by Gasteiger charge is -2.35. The first-order valence-corrected chi connectivity index (χ1v) is 8.06. The molecule has 0 saturated carbocycles. The fourth-order valence-corrected chi connectivity index (χ4v) is 3.84. The Kier molecular flexibility index (Phi) is 3.94. The third-order valence-corrected chi connectivity index (χ3v) is 4.96. The molecular formula is C16H16N2O3S. The first kappa shape index (κ1) is 14.7. The molecule has 0 spiro atoms. The number of hydrogen-bond acceptors (Lipinski definition) is 4. The van der Waals surface area contributed by atoms with Crippen molar-refractivity contribution in [2.75, 3.05) is 6.54 Å². The van der Waals surface area contributed by atoms with E-state index in [1.54, 1.807) is 11.3 Å². The van der Waals surface area contributed by atoms with Crippen molar-refractivity contribution in [3.63, 3.8) is 0 Å². The molecule has 1 aliphatic heterocycles. The lowest BCUT2D eigenvalue weighted by atomic mass is 9.97. The van der Waals surface area contributed by atoms with Gasteiger partial charge in [0.05, 0.1) is 11.6 Å². The van der Waals surface area contributed by atoms with Crippen LogP contribution in [0.5, 0.6) is 0 Å². The van der Waals surface area contributed by atoms with Gasteiger partial charge in [0.1, 0.15) is 5.69 Å². The van der Waals surface area contributed by atoms with Crippen LogP contribution in [0.2, 0.25) is 0 Å². The largest absolute Gasteiger partial charge is 0.478 e. The van der Waals surface area contributed by atoms with Crippen molar-refractivity contribution in [3.05, 3.63) is 51.5 Å². The van der Waals surface area contributed by atoms with Gasteiger partial charge in [-0.25, -0.2) is 4.79 Å². The van der Waals surface area contributed by atoms with E-state index < -0.39 is 5.97 Å². The summed E-state index contributed by atoms with van der Waals surface area (Å²) in [6.07, 6.45) is 3.04. The first-order chi connectivity index (χ1) is 10.6. The van der Waals surface area contributed by atoms with Crippen LogP contribution in [0.1, 0.15) is 50.7 Å². The van der Waals surface area contributed by atoms with Gasteiger partial charge < -0.3 is 10.0 Å². The van der Waals surface area contributed by atoms with Crippen LogP contribution in [-0.2, 0) is 6.42 Å². The summed E-state index contributed by atoms with van der Waals surface area (Å²) in [7, 11) is 0. The quantitative estimate of drug-likeness (QED) is 0.945. The second-order valence-corrected chi connectivity index (χ2v) is 6.21. The molecule has 0 radical (unpaired) electrons. The van der Waals surface area contributed by atoms with Crippen LogP contribution in [0.25, 0.3) is 0 Å². The number of carboxylic acid groups (broad SMARTS) is 1. The maximum absolute atomic E-state index is 12.7. The number of carbonyl (C=O) groups excluding carboxylic acids is 1. The molecule has 2 aromatic heterocycles. The number of rotatable bonds is 3. The van der Waals surface area contributed by atoms with Crippen molar-refractivity contribution in [2.45, 2.75) is 25.8 Å². The number of amides is 1. The third-order valence-electron chi connectivity index (χ3n) is 3.97. The first-order valence-electron chi connectivity index (χ1n) is 7.18. The van der Waals surface area contributed by atoms with Crippen LogP contribution in [-0.4, -0.2) is 33.4 Å². The maximum Gasteiger partial charge on any atom is 0.335 e. The van der Waals surface area contributed by atoms with Gasteiger partial charge in [0.15, 0.2) is 0 Å². The molecule has 0 saturated heterocycles. The van der Waals surface area contributed by atoms with E-state index in [0.717, 1.165) is 12.8 Å². The number of aromatic nitrogens is 1. The summed E-state index contributed by atoms with van der Waals surface area (Å²) in [6, 6.07) is 4.86. The van der Waals surface area contributed by atoms with Crippen molar-refractivity contribution in [1.29, 1.82) is 0 Å².